The molecule has 1 aromatic carbocycles. The van der Waals surface area contributed by atoms with Gasteiger partial charge in [0.15, 0.2) is 0 Å². The number of hydrogen-bond donors (Lipinski definition) is 1. The molecule has 2 N–H and O–H groups in total. The molecule has 106 valence electrons. The van der Waals surface area contributed by atoms with Crippen LogP contribution in [0.3, 0.4) is 0 Å². The van der Waals surface area contributed by atoms with Crippen LogP contribution in [0.15, 0.2) is 24.3 Å². The quantitative estimate of drug-likeness (QED) is 0.769. The summed E-state index contributed by atoms with van der Waals surface area (Å²) in [6.45, 7) is 1.74. The number of hydrogen-bond acceptors (Lipinski definition) is 4. The van der Waals surface area contributed by atoms with Gasteiger partial charge in [-0.1, -0.05) is 12.8 Å². The van der Waals surface area contributed by atoms with E-state index in [1.165, 1.54) is 12.8 Å². The predicted molar refractivity (Wildman–Crippen MR) is 74.7 cm³/mol. The Bertz CT molecular complexity index is 371. The van der Waals surface area contributed by atoms with E-state index in [0.29, 0.717) is 19.8 Å². The van der Waals surface area contributed by atoms with Crippen molar-refractivity contribution in [1.82, 2.24) is 0 Å². The molecule has 0 aromatic heterocycles. The summed E-state index contributed by atoms with van der Waals surface area (Å²) in [5.74, 6) is 1.66. The minimum atomic E-state index is -0.0940. The molecule has 19 heavy (non-hydrogen) atoms. The van der Waals surface area contributed by atoms with Crippen LogP contribution in [0.2, 0.25) is 0 Å². The lowest BCUT2D eigenvalue weighted by Gasteiger charge is -2.27. The molecule has 1 aliphatic rings. The van der Waals surface area contributed by atoms with Crippen molar-refractivity contribution >= 4 is 0 Å². The van der Waals surface area contributed by atoms with Crippen LogP contribution in [0.1, 0.15) is 25.7 Å². The standard InChI is InChI=1S/C15H23NO3/c1-17-13-4-6-14(7-5-13)18-10-11-19-15(12-16)8-2-3-9-15/h4-7H,2-3,8-12,16H2,1H3. The van der Waals surface area contributed by atoms with Crippen molar-refractivity contribution in [2.24, 2.45) is 5.73 Å². The van der Waals surface area contributed by atoms with Gasteiger partial charge in [0.2, 0.25) is 0 Å². The van der Waals surface area contributed by atoms with Crippen molar-refractivity contribution in [2.45, 2.75) is 31.3 Å². The van der Waals surface area contributed by atoms with Gasteiger partial charge < -0.3 is 19.9 Å². The number of nitrogens with two attached hydrogens (primary N) is 1. The highest BCUT2D eigenvalue weighted by Crippen LogP contribution is 2.32. The Labute approximate surface area is 114 Å². The third-order valence-corrected chi connectivity index (χ3v) is 3.71. The summed E-state index contributed by atoms with van der Waals surface area (Å²) in [5.41, 5.74) is 5.72. The Morgan fingerprint density at radius 3 is 2.26 bits per heavy atom. The van der Waals surface area contributed by atoms with Crippen molar-refractivity contribution in [1.29, 1.82) is 0 Å². The van der Waals surface area contributed by atoms with Crippen LogP contribution in [-0.4, -0.2) is 32.5 Å². The highest BCUT2D eigenvalue weighted by atomic mass is 16.5. The Hall–Kier alpha value is -1.26. The number of benzene rings is 1. The van der Waals surface area contributed by atoms with Crippen LogP contribution in [-0.2, 0) is 4.74 Å². The van der Waals surface area contributed by atoms with Crippen LogP contribution in [0.25, 0.3) is 0 Å². The summed E-state index contributed by atoms with van der Waals surface area (Å²) in [5, 5.41) is 0. The molecule has 0 amide bonds. The minimum Gasteiger partial charge on any atom is -0.497 e. The summed E-state index contributed by atoms with van der Waals surface area (Å²) in [4.78, 5) is 0. The van der Waals surface area contributed by atoms with E-state index in [1.54, 1.807) is 7.11 Å². The maximum atomic E-state index is 5.93. The van der Waals surface area contributed by atoms with E-state index in [4.69, 9.17) is 19.9 Å². The largest absolute Gasteiger partial charge is 0.497 e. The second-order valence-electron chi connectivity index (χ2n) is 4.97. The van der Waals surface area contributed by atoms with Gasteiger partial charge >= 0.3 is 0 Å². The van der Waals surface area contributed by atoms with Crippen LogP contribution in [0, 0.1) is 0 Å². The first-order valence-electron chi connectivity index (χ1n) is 6.89. The molecule has 4 nitrogen and oxygen atoms in total. The molecule has 1 saturated carbocycles. The van der Waals surface area contributed by atoms with Crippen LogP contribution in [0.5, 0.6) is 11.5 Å². The fraction of sp³-hybridized carbons (Fsp3) is 0.600. The van der Waals surface area contributed by atoms with E-state index >= 15 is 0 Å². The Kier molecular flexibility index (Phi) is 5.05. The van der Waals surface area contributed by atoms with Crippen LogP contribution >= 0.6 is 0 Å². The van der Waals surface area contributed by atoms with Gasteiger partial charge in [-0.25, -0.2) is 0 Å². The van der Waals surface area contributed by atoms with E-state index in [9.17, 15) is 0 Å². The fourth-order valence-corrected chi connectivity index (χ4v) is 2.52. The molecule has 1 aliphatic carbocycles. The van der Waals surface area contributed by atoms with Gasteiger partial charge in [-0.2, -0.15) is 0 Å². The second-order valence-corrected chi connectivity index (χ2v) is 4.97. The van der Waals surface area contributed by atoms with Crippen molar-refractivity contribution in [3.05, 3.63) is 24.3 Å². The first-order valence-corrected chi connectivity index (χ1v) is 6.89. The second kappa shape index (κ2) is 6.78. The lowest BCUT2D eigenvalue weighted by Crippen LogP contribution is -2.38. The summed E-state index contributed by atoms with van der Waals surface area (Å²) in [7, 11) is 1.65. The predicted octanol–water partition coefficient (Wildman–Crippen LogP) is 2.36. The minimum absolute atomic E-state index is 0.0940. The summed E-state index contributed by atoms with van der Waals surface area (Å²) >= 11 is 0. The third-order valence-electron chi connectivity index (χ3n) is 3.71. The molecule has 1 fully saturated rings. The van der Waals surface area contributed by atoms with Gasteiger partial charge in [-0.05, 0) is 37.1 Å². The van der Waals surface area contributed by atoms with Crippen molar-refractivity contribution in [3.63, 3.8) is 0 Å². The van der Waals surface area contributed by atoms with Crippen LogP contribution in [0.4, 0.5) is 0 Å². The van der Waals surface area contributed by atoms with E-state index in [-0.39, 0.29) is 5.60 Å². The average Bonchev–Trinajstić information content (AvgIpc) is 2.94. The van der Waals surface area contributed by atoms with Crippen molar-refractivity contribution in [3.8, 4) is 11.5 Å². The van der Waals surface area contributed by atoms with Crippen LogP contribution < -0.4 is 15.2 Å². The molecule has 0 aliphatic heterocycles. The monoisotopic (exact) mass is 265 g/mol. The highest BCUT2D eigenvalue weighted by molar-refractivity contribution is 5.31. The molecule has 1 aromatic rings. The van der Waals surface area contributed by atoms with Gasteiger partial charge in [-0.3, -0.25) is 0 Å². The van der Waals surface area contributed by atoms with Crippen molar-refractivity contribution in [2.75, 3.05) is 26.9 Å². The Morgan fingerprint density at radius 1 is 1.05 bits per heavy atom. The smallest absolute Gasteiger partial charge is 0.119 e. The first-order chi connectivity index (χ1) is 9.28. The van der Waals surface area contributed by atoms with E-state index < -0.39 is 0 Å². The zero-order chi connectivity index (χ0) is 13.6. The molecule has 0 atom stereocenters. The zero-order valence-corrected chi connectivity index (χ0v) is 11.6. The first kappa shape index (κ1) is 14.2. The molecule has 0 bridgehead atoms. The van der Waals surface area contributed by atoms with E-state index in [2.05, 4.69) is 0 Å². The SMILES string of the molecule is COc1ccc(OCCOC2(CN)CCCC2)cc1. The van der Waals surface area contributed by atoms with Crippen molar-refractivity contribution < 1.29 is 14.2 Å². The Balaban J connectivity index is 1.71. The fourth-order valence-electron chi connectivity index (χ4n) is 2.52. The molecule has 0 radical (unpaired) electrons. The van der Waals surface area contributed by atoms with Gasteiger partial charge in [-0.15, -0.1) is 0 Å². The number of ether oxygens (including phenoxy) is 3. The van der Waals surface area contributed by atoms with Gasteiger partial charge in [0.1, 0.15) is 18.1 Å². The average molecular weight is 265 g/mol. The maximum absolute atomic E-state index is 5.93. The Morgan fingerprint density at radius 2 is 1.68 bits per heavy atom. The lowest BCUT2D eigenvalue weighted by atomic mass is 10.0. The van der Waals surface area contributed by atoms with E-state index in [0.717, 1.165) is 24.3 Å². The summed E-state index contributed by atoms with van der Waals surface area (Å²) < 4.78 is 16.7. The molecule has 0 unspecified atom stereocenters. The molecule has 0 saturated heterocycles. The molecule has 2 rings (SSSR count). The molecule has 0 heterocycles. The topological polar surface area (TPSA) is 53.7 Å². The summed E-state index contributed by atoms with van der Waals surface area (Å²) in [6.07, 6.45) is 4.59. The van der Waals surface area contributed by atoms with Gasteiger partial charge in [0.25, 0.3) is 0 Å². The number of methoxy groups -OCH3 is 1. The molecule has 4 heteroatoms. The molecule has 0 spiro atoms. The summed E-state index contributed by atoms with van der Waals surface area (Å²) in [6, 6.07) is 7.56. The highest BCUT2D eigenvalue weighted by Gasteiger charge is 2.33. The number of rotatable bonds is 7. The molecular weight excluding hydrogens is 242 g/mol. The molecular formula is C15H23NO3. The maximum Gasteiger partial charge on any atom is 0.119 e. The lowest BCUT2D eigenvalue weighted by molar-refractivity contribution is -0.0441. The third kappa shape index (κ3) is 3.85. The zero-order valence-electron chi connectivity index (χ0n) is 11.6. The van der Waals surface area contributed by atoms with Gasteiger partial charge in [0, 0.05) is 6.54 Å². The van der Waals surface area contributed by atoms with Gasteiger partial charge in [0.05, 0.1) is 19.3 Å². The normalized spacial score (nSPS) is 17.4. The van der Waals surface area contributed by atoms with E-state index in [1.807, 2.05) is 24.3 Å².